The highest BCUT2D eigenvalue weighted by atomic mass is 19.3. The van der Waals surface area contributed by atoms with E-state index in [4.69, 9.17) is 0 Å². The summed E-state index contributed by atoms with van der Waals surface area (Å²) >= 11 is 0. The van der Waals surface area contributed by atoms with Crippen LogP contribution < -0.4 is 5.32 Å². The van der Waals surface area contributed by atoms with E-state index < -0.39 is 23.9 Å². The maximum absolute atomic E-state index is 13.0. The Labute approximate surface area is 153 Å². The zero-order valence-electron chi connectivity index (χ0n) is 14.7. The van der Waals surface area contributed by atoms with E-state index in [1.807, 2.05) is 4.57 Å². The average Bonchev–Trinajstić information content (AvgIpc) is 3.25. The fourth-order valence-corrected chi connectivity index (χ4v) is 3.21. The summed E-state index contributed by atoms with van der Waals surface area (Å²) in [6.45, 7) is 1.01. The van der Waals surface area contributed by atoms with Crippen molar-refractivity contribution in [1.29, 1.82) is 0 Å². The van der Waals surface area contributed by atoms with Crippen molar-refractivity contribution in [1.82, 2.24) is 29.4 Å². The third kappa shape index (κ3) is 3.53. The summed E-state index contributed by atoms with van der Waals surface area (Å²) in [6, 6.07) is 0. The van der Waals surface area contributed by atoms with Crippen molar-refractivity contribution in [3.63, 3.8) is 0 Å². The lowest BCUT2D eigenvalue weighted by Gasteiger charge is -2.27. The highest BCUT2D eigenvalue weighted by molar-refractivity contribution is 6.39. The Kier molecular flexibility index (Phi) is 4.36. The molecule has 0 aromatic carbocycles. The molecule has 3 heterocycles. The van der Waals surface area contributed by atoms with E-state index in [-0.39, 0.29) is 12.2 Å². The van der Waals surface area contributed by atoms with Crippen molar-refractivity contribution < 1.29 is 18.4 Å². The van der Waals surface area contributed by atoms with Crippen molar-refractivity contribution in [3.8, 4) is 0 Å². The molecule has 9 nitrogen and oxygen atoms in total. The van der Waals surface area contributed by atoms with Crippen LogP contribution in [0, 0.1) is 5.92 Å². The largest absolute Gasteiger partial charge is 0.325 e. The number of rotatable bonds is 4. The summed E-state index contributed by atoms with van der Waals surface area (Å²) in [5.74, 6) is 0.453. The molecule has 2 aromatic rings. The second-order valence-corrected chi connectivity index (χ2v) is 6.91. The van der Waals surface area contributed by atoms with Crippen LogP contribution >= 0.6 is 0 Å². The van der Waals surface area contributed by atoms with Gasteiger partial charge in [0.05, 0.1) is 12.2 Å². The quantitative estimate of drug-likeness (QED) is 0.796. The van der Waals surface area contributed by atoms with Crippen LogP contribution in [0.2, 0.25) is 0 Å². The number of hydrogen-bond acceptors (Lipinski definition) is 5. The summed E-state index contributed by atoms with van der Waals surface area (Å²) in [5, 5.41) is 14.2. The number of carbonyl (C=O) groups is 2. The van der Waals surface area contributed by atoms with Crippen LogP contribution in [0.25, 0.3) is 0 Å². The van der Waals surface area contributed by atoms with Crippen LogP contribution in [0.4, 0.5) is 14.5 Å². The third-order valence-electron chi connectivity index (χ3n) is 4.79. The summed E-state index contributed by atoms with van der Waals surface area (Å²) in [6.07, 6.45) is 1.70. The number of aryl methyl sites for hydroxylation is 1. The molecule has 1 aliphatic heterocycles. The first-order chi connectivity index (χ1) is 12.9. The Morgan fingerprint density at radius 3 is 2.78 bits per heavy atom. The van der Waals surface area contributed by atoms with Crippen LogP contribution in [0.15, 0.2) is 6.20 Å². The Bertz CT molecular complexity index is 887. The summed E-state index contributed by atoms with van der Waals surface area (Å²) in [5.41, 5.74) is -0.737. The van der Waals surface area contributed by atoms with E-state index in [1.54, 1.807) is 0 Å². The highest BCUT2D eigenvalue weighted by Crippen LogP contribution is 2.32. The molecule has 1 saturated carbocycles. The number of nitrogens with zero attached hydrogens (tertiary/aromatic N) is 6. The number of anilines is 1. The summed E-state index contributed by atoms with van der Waals surface area (Å²) < 4.78 is 29.1. The zero-order chi connectivity index (χ0) is 19.1. The molecule has 0 unspecified atom stereocenters. The van der Waals surface area contributed by atoms with Crippen molar-refractivity contribution in [2.45, 2.75) is 38.8 Å². The number of aromatic nitrogens is 5. The lowest BCUT2D eigenvalue weighted by molar-refractivity contribution is -0.144. The van der Waals surface area contributed by atoms with Gasteiger partial charge >= 0.3 is 11.8 Å². The SMILES string of the molecule is Cn1cc(NC(=O)C(=O)N2CCn3c(CC4CC4)nnc3C2)c(C(F)F)n1. The van der Waals surface area contributed by atoms with Crippen LogP contribution in [-0.2, 0) is 36.1 Å². The molecule has 0 bridgehead atoms. The number of carbonyl (C=O) groups excluding carboxylic acids is 2. The Balaban J connectivity index is 1.42. The van der Waals surface area contributed by atoms with Crippen LogP contribution in [0.5, 0.6) is 0 Å². The van der Waals surface area contributed by atoms with Gasteiger partial charge < -0.3 is 14.8 Å². The van der Waals surface area contributed by atoms with Gasteiger partial charge in [-0.05, 0) is 18.8 Å². The monoisotopic (exact) mass is 379 g/mol. The van der Waals surface area contributed by atoms with Crippen molar-refractivity contribution in [2.24, 2.45) is 13.0 Å². The zero-order valence-corrected chi connectivity index (χ0v) is 14.7. The van der Waals surface area contributed by atoms with E-state index in [9.17, 15) is 18.4 Å². The molecule has 1 fully saturated rings. The second kappa shape index (κ2) is 6.71. The lowest BCUT2D eigenvalue weighted by Crippen LogP contribution is -2.44. The minimum atomic E-state index is -2.85. The van der Waals surface area contributed by atoms with Gasteiger partial charge in [0.25, 0.3) is 6.43 Å². The molecule has 0 atom stereocenters. The first-order valence-corrected chi connectivity index (χ1v) is 8.75. The average molecular weight is 379 g/mol. The number of alkyl halides is 2. The molecule has 0 radical (unpaired) electrons. The van der Waals surface area contributed by atoms with E-state index in [0.717, 1.165) is 16.9 Å². The molecule has 0 saturated heterocycles. The maximum Gasteiger partial charge on any atom is 0.314 e. The van der Waals surface area contributed by atoms with E-state index >= 15 is 0 Å². The van der Waals surface area contributed by atoms with Crippen molar-refractivity contribution in [2.75, 3.05) is 11.9 Å². The summed E-state index contributed by atoms with van der Waals surface area (Å²) in [7, 11) is 1.46. The molecule has 0 spiro atoms. The van der Waals surface area contributed by atoms with Gasteiger partial charge in [-0.1, -0.05) is 0 Å². The molecule has 2 aliphatic rings. The van der Waals surface area contributed by atoms with Gasteiger partial charge in [-0.3, -0.25) is 14.3 Å². The molecular weight excluding hydrogens is 360 g/mol. The van der Waals surface area contributed by atoms with Crippen LogP contribution in [-0.4, -0.2) is 47.8 Å². The van der Waals surface area contributed by atoms with E-state index in [1.165, 1.54) is 31.0 Å². The second-order valence-electron chi connectivity index (χ2n) is 6.91. The minimum absolute atomic E-state index is 0.165. The fraction of sp³-hybridized carbons (Fsp3) is 0.562. The Hall–Kier alpha value is -2.85. The van der Waals surface area contributed by atoms with Crippen molar-refractivity contribution >= 4 is 17.5 Å². The predicted molar refractivity (Wildman–Crippen MR) is 88.7 cm³/mol. The van der Waals surface area contributed by atoms with Gasteiger partial charge in [0, 0.05) is 32.8 Å². The number of hydrogen-bond donors (Lipinski definition) is 1. The highest BCUT2D eigenvalue weighted by Gasteiger charge is 2.31. The maximum atomic E-state index is 13.0. The predicted octanol–water partition coefficient (Wildman–Crippen LogP) is 0.883. The van der Waals surface area contributed by atoms with Gasteiger partial charge in [0.15, 0.2) is 11.5 Å². The number of fused-ring (bicyclic) bond motifs is 1. The van der Waals surface area contributed by atoms with Crippen LogP contribution in [0.3, 0.4) is 0 Å². The van der Waals surface area contributed by atoms with Gasteiger partial charge in [-0.15, -0.1) is 10.2 Å². The Morgan fingerprint density at radius 2 is 2.07 bits per heavy atom. The van der Waals surface area contributed by atoms with Gasteiger partial charge in [0.1, 0.15) is 5.82 Å². The smallest absolute Gasteiger partial charge is 0.314 e. The van der Waals surface area contributed by atoms with Gasteiger partial charge in [-0.2, -0.15) is 5.10 Å². The lowest BCUT2D eigenvalue weighted by atomic mass is 10.2. The molecule has 1 aliphatic carbocycles. The molecular formula is C16H19F2N7O2. The first kappa shape index (κ1) is 17.6. The fourth-order valence-electron chi connectivity index (χ4n) is 3.21. The molecule has 2 amide bonds. The third-order valence-corrected chi connectivity index (χ3v) is 4.79. The Morgan fingerprint density at radius 1 is 1.30 bits per heavy atom. The van der Waals surface area contributed by atoms with Gasteiger partial charge in [0.2, 0.25) is 0 Å². The molecule has 27 heavy (non-hydrogen) atoms. The number of halogens is 2. The molecule has 2 aromatic heterocycles. The first-order valence-electron chi connectivity index (χ1n) is 8.75. The van der Waals surface area contributed by atoms with Crippen LogP contribution in [0.1, 0.15) is 36.6 Å². The summed E-state index contributed by atoms with van der Waals surface area (Å²) in [4.78, 5) is 26.0. The number of amides is 2. The molecule has 144 valence electrons. The normalized spacial score (nSPS) is 16.5. The topological polar surface area (TPSA) is 97.9 Å². The minimum Gasteiger partial charge on any atom is -0.325 e. The molecule has 11 heteroatoms. The van der Waals surface area contributed by atoms with E-state index in [2.05, 4.69) is 20.6 Å². The molecule has 4 rings (SSSR count). The van der Waals surface area contributed by atoms with Crippen molar-refractivity contribution in [3.05, 3.63) is 23.5 Å². The standard InChI is InChI=1S/C16H19F2N7O2/c1-23-7-10(13(22-23)14(17)18)19-15(26)16(27)24-4-5-25-11(6-9-2-3-9)20-21-12(25)8-24/h7,9,14H,2-6,8H2,1H3,(H,19,26). The number of nitrogens with one attached hydrogen (secondary N) is 1. The van der Waals surface area contributed by atoms with E-state index in [0.29, 0.717) is 24.8 Å². The van der Waals surface area contributed by atoms with Gasteiger partial charge in [-0.25, -0.2) is 8.78 Å². The molecule has 1 N–H and O–H groups in total.